The Balaban J connectivity index is 0. The van der Waals surface area contributed by atoms with Crippen molar-refractivity contribution in [3.63, 3.8) is 0 Å². The molecule has 0 heterocycles. The lowest BCUT2D eigenvalue weighted by Crippen LogP contribution is -2.38. The highest BCUT2D eigenvalue weighted by atomic mass is 127. The van der Waals surface area contributed by atoms with Crippen molar-refractivity contribution in [3.05, 3.63) is 117 Å². The summed E-state index contributed by atoms with van der Waals surface area (Å²) in [4.78, 5) is 90.7. The van der Waals surface area contributed by atoms with Crippen LogP contribution in [0.3, 0.4) is 0 Å². The molecule has 0 aliphatic carbocycles. The van der Waals surface area contributed by atoms with Gasteiger partial charge in [0.1, 0.15) is 23.1 Å². The van der Waals surface area contributed by atoms with E-state index in [1.807, 2.05) is 147 Å². The average Bonchev–Trinajstić information content (AvgIpc) is 1.02. The lowest BCUT2D eigenvalue weighted by molar-refractivity contribution is -0.156. The van der Waals surface area contributed by atoms with Crippen LogP contribution in [0.25, 0.3) is 0 Å². The Kier molecular flexibility index (Phi) is 53.1. The third-order valence-corrected chi connectivity index (χ3v) is 14.2. The molecule has 0 saturated carbocycles. The van der Waals surface area contributed by atoms with Crippen molar-refractivity contribution in [2.45, 2.75) is 148 Å². The molecule has 0 aliphatic rings. The van der Waals surface area contributed by atoms with E-state index in [0.29, 0.717) is 86.4 Å². The number of hydrogen-bond acceptors (Lipinski definition) is 19. The second-order valence-electron chi connectivity index (χ2n) is 23.7. The van der Waals surface area contributed by atoms with Crippen LogP contribution in [0.2, 0.25) is 0 Å². The molecule has 10 N–H and O–H groups in total. The monoisotopic (exact) mass is 1640 g/mol. The van der Waals surface area contributed by atoms with Gasteiger partial charge in [-0.05, 0) is 175 Å². The van der Waals surface area contributed by atoms with E-state index >= 15 is 0 Å². The number of nitrogens with one attached hydrogen (secondary N) is 3. The SMILES string of the molecule is CC(C)(C)OC(=O)C[C@@H](CI)N[B]C=O.CC(C)(C)OC(=O)C[C@@H](Cc1cccc(N(CCCl)CCCl)c1)N[B]C=O.CC(C)(C)OC(=O)C[C@@H](Cc1cccc(N)c1)N[B]C=O.N[C@@H](CC(=O)O)Cc1cccc(N(CCCl)CCCl)c1.Nc1cccc(I)c1.O=CCCl. The number of aliphatic carboxylic acids is 1. The first-order valence-electron chi connectivity index (χ1n) is 30.3. The van der Waals surface area contributed by atoms with E-state index in [0.717, 1.165) is 51.3 Å². The van der Waals surface area contributed by atoms with Crippen LogP contribution in [0.5, 0.6) is 0 Å². The summed E-state index contributed by atoms with van der Waals surface area (Å²) < 4.78 is 17.8. The first-order chi connectivity index (χ1) is 44.7. The Morgan fingerprint density at radius 1 is 0.526 bits per heavy atom. The molecule has 20 nitrogen and oxygen atoms in total. The van der Waals surface area contributed by atoms with Crippen LogP contribution >= 0.6 is 103 Å². The molecule has 0 spiro atoms. The Hall–Kier alpha value is -4.42. The summed E-state index contributed by atoms with van der Waals surface area (Å²) in [5.41, 5.74) is 22.1. The van der Waals surface area contributed by atoms with Crippen LogP contribution in [0.15, 0.2) is 97.1 Å². The highest BCUT2D eigenvalue weighted by molar-refractivity contribution is 14.1. The number of nitrogen functional groups attached to an aromatic ring is 2. The van der Waals surface area contributed by atoms with E-state index in [1.54, 1.807) is 6.07 Å². The van der Waals surface area contributed by atoms with E-state index < -0.39 is 22.8 Å². The predicted octanol–water partition coefficient (Wildman–Crippen LogP) is 9.86. The van der Waals surface area contributed by atoms with Gasteiger partial charge in [-0.25, -0.2) is 0 Å². The zero-order chi connectivity index (χ0) is 72.4. The van der Waals surface area contributed by atoms with Crippen molar-refractivity contribution >= 4 is 197 Å². The Labute approximate surface area is 617 Å². The Bertz CT molecular complexity index is 2790. The van der Waals surface area contributed by atoms with E-state index in [4.69, 9.17) is 99.3 Å². The number of aldehydes is 1. The summed E-state index contributed by atoms with van der Waals surface area (Å²) in [5.74, 6) is 0.454. The maximum absolute atomic E-state index is 12.2. The molecule has 4 rings (SSSR count). The van der Waals surface area contributed by atoms with Crippen LogP contribution in [0.4, 0.5) is 22.7 Å². The molecule has 95 heavy (non-hydrogen) atoms. The van der Waals surface area contributed by atoms with Crippen LogP contribution in [-0.2, 0) is 71.8 Å². The molecular weight excluding hydrogens is 1550 g/mol. The van der Waals surface area contributed by atoms with Crippen LogP contribution < -0.4 is 42.7 Å². The molecule has 4 aromatic carbocycles. The summed E-state index contributed by atoms with van der Waals surface area (Å²) in [5, 5.41) is 17.5. The van der Waals surface area contributed by atoms with Crippen molar-refractivity contribution in [1.29, 1.82) is 0 Å². The first kappa shape index (κ1) is 92.6. The first-order valence-corrected chi connectivity index (χ1v) is 35.6. The van der Waals surface area contributed by atoms with Gasteiger partial charge in [-0.3, -0.25) is 19.2 Å². The minimum absolute atomic E-state index is 0.0305. The molecule has 0 bridgehead atoms. The number of ether oxygens (including phenoxy) is 3. The number of halogens is 7. The average molecular weight is 1640 g/mol. The highest BCUT2D eigenvalue weighted by Crippen LogP contribution is 2.21. The molecular formula is C65H95B3Cl5I2N8O12. The third kappa shape index (κ3) is 53.3. The number of alkyl halides is 6. The van der Waals surface area contributed by atoms with Crippen molar-refractivity contribution in [1.82, 2.24) is 15.7 Å². The fourth-order valence-electron chi connectivity index (χ4n) is 8.12. The summed E-state index contributed by atoms with van der Waals surface area (Å²) in [6.07, 6.45) is 4.90. The largest absolute Gasteiger partial charge is 0.481 e. The van der Waals surface area contributed by atoms with Crippen molar-refractivity contribution in [2.75, 3.05) is 81.3 Å². The summed E-state index contributed by atoms with van der Waals surface area (Å²) in [7, 11) is 3.90. The molecule has 4 atom stereocenters. The number of esters is 3. The van der Waals surface area contributed by atoms with Gasteiger partial charge < -0.3 is 81.2 Å². The van der Waals surface area contributed by atoms with E-state index in [9.17, 15) is 33.6 Å². The number of nitrogens with zero attached hydrogens (tertiary/aromatic N) is 2. The zero-order valence-electron chi connectivity index (χ0n) is 55.8. The minimum atomic E-state index is -0.875. The van der Waals surface area contributed by atoms with E-state index in [1.165, 1.54) is 25.8 Å². The number of benzene rings is 4. The Morgan fingerprint density at radius 2 is 0.853 bits per heavy atom. The minimum Gasteiger partial charge on any atom is -0.481 e. The lowest BCUT2D eigenvalue weighted by atomic mass is 9.92. The number of carbonyl (C=O) groups is 8. The fourth-order valence-corrected chi connectivity index (χ4v) is 10.1. The third-order valence-electron chi connectivity index (χ3n) is 11.6. The van der Waals surface area contributed by atoms with Crippen LogP contribution in [-0.4, -0.2) is 177 Å². The van der Waals surface area contributed by atoms with Gasteiger partial charge in [0.25, 0.3) is 22.2 Å². The number of carboxylic acid groups (broad SMARTS) is 1. The van der Waals surface area contributed by atoms with Crippen LogP contribution in [0.1, 0.15) is 105 Å². The number of carboxylic acids is 1. The maximum atomic E-state index is 12.2. The van der Waals surface area contributed by atoms with Gasteiger partial charge in [0.05, 0.1) is 50.1 Å². The second-order valence-corrected chi connectivity index (χ2v) is 27.6. The number of nitrogens with two attached hydrogens (primary N) is 3. The van der Waals surface area contributed by atoms with Gasteiger partial charge >= 0.3 is 23.9 Å². The summed E-state index contributed by atoms with van der Waals surface area (Å²) in [6, 6.07) is 30.2. The van der Waals surface area contributed by atoms with Crippen molar-refractivity contribution in [2.24, 2.45) is 5.73 Å². The maximum Gasteiger partial charge on any atom is 0.307 e. The fraction of sp³-hybridized carbons (Fsp3) is 0.508. The quantitative estimate of drug-likeness (QED) is 0.00428. The molecule has 0 amide bonds. The zero-order valence-corrected chi connectivity index (χ0v) is 63.9. The van der Waals surface area contributed by atoms with Gasteiger partial charge in [0.2, 0.25) is 0 Å². The molecule has 0 aromatic heterocycles. The summed E-state index contributed by atoms with van der Waals surface area (Å²) >= 11 is 32.6. The van der Waals surface area contributed by atoms with Gasteiger partial charge in [0.15, 0.2) is 0 Å². The van der Waals surface area contributed by atoms with Gasteiger partial charge in [-0.1, -0.05) is 65.1 Å². The Morgan fingerprint density at radius 3 is 1.15 bits per heavy atom. The van der Waals surface area contributed by atoms with Gasteiger partial charge in [-0.15, -0.1) is 58.0 Å². The molecule has 0 aliphatic heterocycles. The van der Waals surface area contributed by atoms with Crippen molar-refractivity contribution in [3.8, 4) is 0 Å². The molecule has 30 heteroatoms. The van der Waals surface area contributed by atoms with Gasteiger partial charge in [-0.2, -0.15) is 0 Å². The lowest BCUT2D eigenvalue weighted by Gasteiger charge is -2.25. The molecule has 0 saturated heterocycles. The number of hydrogen-bond donors (Lipinski definition) is 7. The second kappa shape index (κ2) is 54.5. The smallest absolute Gasteiger partial charge is 0.307 e. The predicted molar refractivity (Wildman–Crippen MR) is 411 cm³/mol. The van der Waals surface area contributed by atoms with Crippen LogP contribution in [0, 0.1) is 3.57 Å². The highest BCUT2D eigenvalue weighted by Gasteiger charge is 2.24. The standard InChI is InChI=1S/C19H28BCl2N2O3.C15H22BN2O3.C14H20Cl2N2O2.C9H16BINO3.C6H6IN.C2H3ClO/c1-19(2,3)27-18(26)13-16(23-20-14-25)11-15-5-4-6-17(12-15)24(9-7-21)10-8-22;1-15(2,3)21-14(20)9-13(18-16-10-19)8-11-5-4-6-12(17)7-11;15-4-6-18(7-5-16)13-3-1-2-11(9-13)8-12(17)10-14(19)20;1-9(2,3)15-8(14)4-7(5-11)12-10-6-13;7-5-2-1-3-6(8)4-5;3-1-2-4/h4-6,12,14,16,23H,7-11,13H2,1-3H3;4-7,10,13,18H,8-9,17H2,1-3H3;1-3,9,12H,4-8,10,17H2,(H,19,20);6-7,12H,4-5H2,1-3H3;1-4H,8H2;2H,1H2/t16-;13-;12-;7-;;/m1110../s1. The molecule has 4 aromatic rings. The van der Waals surface area contributed by atoms with E-state index in [2.05, 4.69) is 76.7 Å². The number of carbonyl (C=O) groups excluding carboxylic acids is 7. The molecule has 0 fully saturated rings. The number of rotatable bonds is 35. The molecule has 0 unspecified atom stereocenters. The normalized spacial score (nSPS) is 11.9. The molecule has 525 valence electrons. The van der Waals surface area contributed by atoms with Gasteiger partial charge in [0, 0.05) is 105 Å². The summed E-state index contributed by atoms with van der Waals surface area (Å²) in [6.45, 7) is 19.3. The molecule has 3 radical (unpaired) electrons. The van der Waals surface area contributed by atoms with Crippen molar-refractivity contribution < 1.29 is 57.7 Å². The van der Waals surface area contributed by atoms with E-state index in [-0.39, 0.29) is 73.6 Å². The number of anilines is 4. The topological polar surface area (TPSA) is 305 Å².